The molecule has 6 rings (SSSR count). The van der Waals surface area contributed by atoms with E-state index in [9.17, 15) is 0 Å². The van der Waals surface area contributed by atoms with E-state index in [1.807, 2.05) is 88.1 Å². The smallest absolute Gasteiger partial charge is 0.0705 e. The molecule has 6 aromatic rings. The van der Waals surface area contributed by atoms with Gasteiger partial charge in [-0.2, -0.15) is 15.8 Å². The Morgan fingerprint density at radius 1 is 0.707 bits per heavy atom. The van der Waals surface area contributed by atoms with Crippen LogP contribution in [0.15, 0.2) is 91.4 Å². The number of rotatable bonds is 3. The zero-order valence-corrected chi connectivity index (χ0v) is 27.5. The molecule has 6 nitrogen and oxygen atoms in total. The molecule has 3 aromatic carbocycles. The van der Waals surface area contributed by atoms with Gasteiger partial charge in [-0.3, -0.25) is 0 Å². The zero-order valence-electron chi connectivity index (χ0n) is 23.1. The van der Waals surface area contributed by atoms with E-state index in [1.54, 1.807) is 0 Å². The van der Waals surface area contributed by atoms with E-state index in [2.05, 4.69) is 93.8 Å². The molecule has 0 bridgehead atoms. The molecular weight excluding hydrogens is 734 g/mol. The second kappa shape index (κ2) is 15.9. The van der Waals surface area contributed by atoms with E-state index in [1.165, 1.54) is 21.8 Å². The highest BCUT2D eigenvalue weighted by Crippen LogP contribution is 2.26. The van der Waals surface area contributed by atoms with Gasteiger partial charge in [0.05, 0.1) is 37.0 Å². The summed E-state index contributed by atoms with van der Waals surface area (Å²) in [6.07, 6.45) is 6.92. The van der Waals surface area contributed by atoms with Gasteiger partial charge in [-0.1, -0.05) is 54.6 Å². The summed E-state index contributed by atoms with van der Waals surface area (Å²) in [5.74, 6) is -0.0406. The van der Waals surface area contributed by atoms with Crippen LogP contribution in [-0.2, 0) is 26.9 Å². The lowest BCUT2D eigenvalue weighted by Crippen LogP contribution is -1.86. The minimum absolute atomic E-state index is 0.0406. The van der Waals surface area contributed by atoms with Crippen LogP contribution in [0.2, 0.25) is 0 Å². The van der Waals surface area contributed by atoms with Crippen molar-refractivity contribution in [2.75, 3.05) is 0 Å². The SMILES string of the molecule is CC(C#N)c1cn(C)c2ccccc12.Cn1cc(CC#N)c2ccccc21.II.N#CCc1c[nH]c2ccccc12. The summed E-state index contributed by atoms with van der Waals surface area (Å²) >= 11 is 4.24. The van der Waals surface area contributed by atoms with Crippen molar-refractivity contribution >= 4 is 69.9 Å². The number of aromatic amines is 1. The predicted octanol–water partition coefficient (Wildman–Crippen LogP) is 9.06. The first-order valence-corrected chi connectivity index (χ1v) is 19.2. The molecule has 0 saturated carbocycles. The molecule has 0 aliphatic heterocycles. The van der Waals surface area contributed by atoms with Gasteiger partial charge in [-0.05, 0) is 41.8 Å². The van der Waals surface area contributed by atoms with Crippen molar-refractivity contribution in [3.05, 3.63) is 108 Å². The van der Waals surface area contributed by atoms with Crippen LogP contribution in [0.1, 0.15) is 29.5 Å². The molecule has 0 amide bonds. The molecule has 3 heterocycles. The first kappa shape index (κ1) is 31.7. The van der Waals surface area contributed by atoms with E-state index in [0.29, 0.717) is 12.8 Å². The molecule has 0 spiro atoms. The Bertz CT molecular complexity index is 1860. The van der Waals surface area contributed by atoms with Crippen molar-refractivity contribution in [1.82, 2.24) is 14.1 Å². The van der Waals surface area contributed by atoms with Gasteiger partial charge in [0.15, 0.2) is 0 Å². The van der Waals surface area contributed by atoms with Crippen molar-refractivity contribution in [2.45, 2.75) is 25.7 Å². The number of nitrogens with one attached hydrogen (secondary N) is 1. The van der Waals surface area contributed by atoms with Crippen LogP contribution in [0, 0.1) is 34.0 Å². The molecule has 0 fully saturated rings. The number of hydrogen-bond acceptors (Lipinski definition) is 3. The van der Waals surface area contributed by atoms with Crippen LogP contribution in [0.4, 0.5) is 0 Å². The molecule has 206 valence electrons. The largest absolute Gasteiger partial charge is 0.361 e. The lowest BCUT2D eigenvalue weighted by Gasteiger charge is -1.98. The van der Waals surface area contributed by atoms with Gasteiger partial charge in [0.2, 0.25) is 0 Å². The maximum atomic E-state index is 8.90. The molecule has 0 radical (unpaired) electrons. The summed E-state index contributed by atoms with van der Waals surface area (Å²) in [6.45, 7) is 1.93. The number of para-hydroxylation sites is 3. The van der Waals surface area contributed by atoms with Crippen LogP contribution in [0.5, 0.6) is 0 Å². The van der Waals surface area contributed by atoms with Crippen LogP contribution in [-0.4, -0.2) is 14.1 Å². The molecule has 41 heavy (non-hydrogen) atoms. The maximum absolute atomic E-state index is 8.90. The summed E-state index contributed by atoms with van der Waals surface area (Å²) in [6, 6.07) is 30.9. The molecule has 1 atom stereocenters. The Hall–Kier alpha value is -3.79. The van der Waals surface area contributed by atoms with E-state index in [-0.39, 0.29) is 5.92 Å². The summed E-state index contributed by atoms with van der Waals surface area (Å²) in [5, 5.41) is 29.6. The minimum Gasteiger partial charge on any atom is -0.361 e. The van der Waals surface area contributed by atoms with Gasteiger partial charge >= 0.3 is 0 Å². The topological polar surface area (TPSA) is 97.0 Å². The summed E-state index contributed by atoms with van der Waals surface area (Å²) in [7, 11) is 4.01. The molecule has 1 N–H and O–H groups in total. The van der Waals surface area contributed by atoms with Crippen LogP contribution >= 0.6 is 37.2 Å². The lowest BCUT2D eigenvalue weighted by molar-refractivity contribution is 0.928. The van der Waals surface area contributed by atoms with Crippen molar-refractivity contribution < 1.29 is 0 Å². The van der Waals surface area contributed by atoms with Crippen LogP contribution in [0.3, 0.4) is 0 Å². The summed E-state index contributed by atoms with van der Waals surface area (Å²) < 4.78 is 4.13. The number of benzene rings is 3. The predicted molar refractivity (Wildman–Crippen MR) is 185 cm³/mol. The van der Waals surface area contributed by atoms with Crippen molar-refractivity contribution in [3.63, 3.8) is 0 Å². The molecule has 3 aromatic heterocycles. The first-order chi connectivity index (χ1) is 20.0. The Kier molecular flexibility index (Phi) is 12.3. The Morgan fingerprint density at radius 3 is 1.85 bits per heavy atom. The van der Waals surface area contributed by atoms with Crippen molar-refractivity contribution in [2.24, 2.45) is 14.1 Å². The fraction of sp³-hybridized carbons (Fsp3) is 0.182. The van der Waals surface area contributed by atoms with Gasteiger partial charge < -0.3 is 14.1 Å². The normalized spacial score (nSPS) is 10.6. The average Bonchev–Trinajstić information content (AvgIpc) is 3.69. The van der Waals surface area contributed by atoms with Gasteiger partial charge in [-0.15, -0.1) is 0 Å². The van der Waals surface area contributed by atoms with Gasteiger partial charge in [0, 0.05) is 103 Å². The fourth-order valence-corrected chi connectivity index (χ4v) is 4.80. The molecule has 1 unspecified atom stereocenters. The van der Waals surface area contributed by atoms with Gasteiger partial charge in [0.25, 0.3) is 0 Å². The van der Waals surface area contributed by atoms with Crippen LogP contribution < -0.4 is 0 Å². The number of aromatic nitrogens is 3. The van der Waals surface area contributed by atoms with E-state index < -0.39 is 0 Å². The Labute approximate surface area is 264 Å². The standard InChI is InChI=1S/C12H12N2.C11H10N2.C10H8N2.I2/c1-9(7-13)11-8-14(2)12-6-4-3-5-10(11)12;1-13-8-9(6-7-12)10-4-2-3-5-11(10)13;11-6-5-8-7-12-10-4-2-1-3-9(8)10;1-2/h3-6,8-9H,1-2H3;2-5,8H,6H2,1H3;1-4,7,12H,5H2;. The minimum atomic E-state index is -0.0406. The van der Waals surface area contributed by atoms with Gasteiger partial charge in [0.1, 0.15) is 0 Å². The molecule has 0 aliphatic rings. The van der Waals surface area contributed by atoms with E-state index in [0.717, 1.165) is 27.6 Å². The Balaban J connectivity index is 0.000000164. The second-order valence-corrected chi connectivity index (χ2v) is 9.37. The second-order valence-electron chi connectivity index (χ2n) is 9.37. The third-order valence-corrected chi connectivity index (χ3v) is 6.78. The Morgan fingerprint density at radius 2 is 1.22 bits per heavy atom. The van der Waals surface area contributed by atoms with Gasteiger partial charge in [-0.25, -0.2) is 0 Å². The zero-order chi connectivity index (χ0) is 29.8. The third-order valence-electron chi connectivity index (χ3n) is 6.78. The number of fused-ring (bicyclic) bond motifs is 3. The average molecular weight is 764 g/mol. The van der Waals surface area contributed by atoms with E-state index in [4.69, 9.17) is 15.8 Å². The number of hydrogen-bond donors (Lipinski definition) is 1. The molecular formula is C33H30I2N6. The fourth-order valence-electron chi connectivity index (χ4n) is 4.80. The highest BCUT2D eigenvalue weighted by atomic mass is 128. The molecule has 0 saturated heterocycles. The monoisotopic (exact) mass is 764 g/mol. The number of halogens is 2. The number of nitrogens with zero attached hydrogens (tertiary/aromatic N) is 5. The lowest BCUT2D eigenvalue weighted by atomic mass is 10.0. The van der Waals surface area contributed by atoms with E-state index >= 15 is 0 Å². The number of H-pyrrole nitrogens is 1. The number of aryl methyl sites for hydroxylation is 2. The maximum Gasteiger partial charge on any atom is 0.0705 e. The first-order valence-electron chi connectivity index (χ1n) is 12.9. The van der Waals surface area contributed by atoms with Crippen LogP contribution in [0.25, 0.3) is 32.7 Å². The quantitative estimate of drug-likeness (QED) is 0.182. The third kappa shape index (κ3) is 7.70. The van der Waals surface area contributed by atoms with Crippen molar-refractivity contribution in [1.29, 1.82) is 15.8 Å². The molecule has 0 aliphatic carbocycles. The molecule has 8 heteroatoms. The van der Waals surface area contributed by atoms with Crippen molar-refractivity contribution in [3.8, 4) is 18.2 Å². The summed E-state index contributed by atoms with van der Waals surface area (Å²) in [4.78, 5) is 3.12. The number of nitriles is 3. The highest BCUT2D eigenvalue weighted by Gasteiger charge is 2.11. The summed E-state index contributed by atoms with van der Waals surface area (Å²) in [5.41, 5.74) is 6.78. The highest BCUT2D eigenvalue weighted by molar-refractivity contribution is 15.0.